The maximum atomic E-state index is 5.89. The highest BCUT2D eigenvalue weighted by atomic mass is 16.5. The van der Waals surface area contributed by atoms with Gasteiger partial charge in [0.05, 0.1) is 18.7 Å². The van der Waals surface area contributed by atoms with Gasteiger partial charge in [0.2, 0.25) is 0 Å². The lowest BCUT2D eigenvalue weighted by atomic mass is 10.1. The second kappa shape index (κ2) is 5.95. The molecule has 1 saturated heterocycles. The molecule has 3 rings (SSSR count). The zero-order chi connectivity index (χ0) is 13.9. The maximum Gasteiger partial charge on any atom is 0.0594 e. The van der Waals surface area contributed by atoms with E-state index in [9.17, 15) is 0 Å². The Labute approximate surface area is 120 Å². The first-order valence-corrected chi connectivity index (χ1v) is 7.43. The normalized spacial score (nSPS) is 16.9. The summed E-state index contributed by atoms with van der Waals surface area (Å²) in [4.78, 5) is 2.47. The molecule has 20 heavy (non-hydrogen) atoms. The lowest BCUT2D eigenvalue weighted by Crippen LogP contribution is -2.35. The molecule has 1 aliphatic rings. The van der Waals surface area contributed by atoms with Gasteiger partial charge in [0.1, 0.15) is 0 Å². The minimum atomic E-state index is 0.596. The van der Waals surface area contributed by atoms with Crippen LogP contribution in [0.2, 0.25) is 0 Å². The molecule has 108 valence electrons. The van der Waals surface area contributed by atoms with Crippen LogP contribution < -0.4 is 5.73 Å². The molecule has 0 atom stereocenters. The standard InChI is InChI=1S/C16H23N3O/c1-2-19-12-14(11-18-6-8-20-9-7-18)15-5-3-4-13(10-17)16(15)19/h3-5,12H,2,6-11,17H2,1H3. The van der Waals surface area contributed by atoms with Crippen LogP contribution in [-0.4, -0.2) is 35.8 Å². The molecule has 1 aliphatic heterocycles. The van der Waals surface area contributed by atoms with E-state index in [1.165, 1.54) is 22.0 Å². The summed E-state index contributed by atoms with van der Waals surface area (Å²) >= 11 is 0. The van der Waals surface area contributed by atoms with Crippen LogP contribution in [0.3, 0.4) is 0 Å². The summed E-state index contributed by atoms with van der Waals surface area (Å²) in [6.07, 6.45) is 2.29. The second-order valence-corrected chi connectivity index (χ2v) is 5.35. The highest BCUT2D eigenvalue weighted by molar-refractivity contribution is 5.86. The van der Waals surface area contributed by atoms with E-state index in [2.05, 4.69) is 40.8 Å². The molecule has 0 unspecified atom stereocenters. The van der Waals surface area contributed by atoms with Crippen molar-refractivity contribution in [3.63, 3.8) is 0 Å². The van der Waals surface area contributed by atoms with Crippen LogP contribution in [-0.2, 0) is 24.4 Å². The summed E-state index contributed by atoms with van der Waals surface area (Å²) in [5, 5.41) is 1.35. The smallest absolute Gasteiger partial charge is 0.0594 e. The first-order chi connectivity index (χ1) is 9.83. The van der Waals surface area contributed by atoms with Crippen molar-refractivity contribution in [2.24, 2.45) is 5.73 Å². The van der Waals surface area contributed by atoms with Crippen molar-refractivity contribution in [3.8, 4) is 0 Å². The predicted molar refractivity (Wildman–Crippen MR) is 81.6 cm³/mol. The molecular formula is C16H23N3O. The van der Waals surface area contributed by atoms with Gasteiger partial charge in [-0.3, -0.25) is 4.90 Å². The third-order valence-corrected chi connectivity index (χ3v) is 4.12. The Morgan fingerprint density at radius 3 is 2.70 bits per heavy atom. The molecule has 2 heterocycles. The van der Waals surface area contributed by atoms with Crippen LogP contribution in [0.5, 0.6) is 0 Å². The highest BCUT2D eigenvalue weighted by Gasteiger charge is 2.15. The number of fused-ring (bicyclic) bond motifs is 1. The number of aromatic nitrogens is 1. The second-order valence-electron chi connectivity index (χ2n) is 5.35. The maximum absolute atomic E-state index is 5.89. The molecule has 0 bridgehead atoms. The van der Waals surface area contributed by atoms with Gasteiger partial charge in [0.25, 0.3) is 0 Å². The van der Waals surface area contributed by atoms with Gasteiger partial charge in [-0.05, 0) is 18.1 Å². The predicted octanol–water partition coefficient (Wildman–Crippen LogP) is 1.95. The molecule has 0 spiro atoms. The van der Waals surface area contributed by atoms with Crippen molar-refractivity contribution in [1.82, 2.24) is 9.47 Å². The van der Waals surface area contributed by atoms with Crippen LogP contribution in [0.1, 0.15) is 18.1 Å². The van der Waals surface area contributed by atoms with Gasteiger partial charge in [-0.1, -0.05) is 18.2 Å². The van der Waals surface area contributed by atoms with E-state index in [1.807, 2.05) is 0 Å². The number of hydrogen-bond acceptors (Lipinski definition) is 3. The largest absolute Gasteiger partial charge is 0.379 e. The van der Waals surface area contributed by atoms with E-state index in [0.717, 1.165) is 39.4 Å². The fraction of sp³-hybridized carbons (Fsp3) is 0.500. The zero-order valence-corrected chi connectivity index (χ0v) is 12.1. The van der Waals surface area contributed by atoms with Crippen molar-refractivity contribution >= 4 is 10.9 Å². The average molecular weight is 273 g/mol. The Morgan fingerprint density at radius 1 is 1.20 bits per heavy atom. The molecule has 1 aromatic carbocycles. The molecule has 4 heteroatoms. The van der Waals surface area contributed by atoms with Gasteiger partial charge in [0, 0.05) is 44.3 Å². The SMILES string of the molecule is CCn1cc(CN2CCOCC2)c2cccc(CN)c21. The third kappa shape index (κ3) is 2.46. The quantitative estimate of drug-likeness (QED) is 0.926. The lowest BCUT2D eigenvalue weighted by Gasteiger charge is -2.26. The van der Waals surface area contributed by atoms with Gasteiger partial charge >= 0.3 is 0 Å². The number of aryl methyl sites for hydroxylation is 1. The van der Waals surface area contributed by atoms with Crippen LogP contribution in [0, 0.1) is 0 Å². The van der Waals surface area contributed by atoms with E-state index in [-0.39, 0.29) is 0 Å². The molecule has 0 radical (unpaired) electrons. The summed E-state index contributed by atoms with van der Waals surface area (Å²) in [5.74, 6) is 0. The Kier molecular flexibility index (Phi) is 4.05. The number of morpholine rings is 1. The Morgan fingerprint density at radius 2 is 2.00 bits per heavy atom. The monoisotopic (exact) mass is 273 g/mol. The minimum Gasteiger partial charge on any atom is -0.379 e. The molecule has 0 aliphatic carbocycles. The van der Waals surface area contributed by atoms with Crippen molar-refractivity contribution in [2.75, 3.05) is 26.3 Å². The van der Waals surface area contributed by atoms with Gasteiger partial charge in [-0.2, -0.15) is 0 Å². The van der Waals surface area contributed by atoms with Crippen LogP contribution in [0.4, 0.5) is 0 Å². The fourth-order valence-electron chi connectivity index (χ4n) is 3.05. The average Bonchev–Trinajstić information content (AvgIpc) is 2.86. The molecule has 1 aromatic heterocycles. The number of nitrogens with zero attached hydrogens (tertiary/aromatic N) is 2. The first kappa shape index (κ1) is 13.6. The Bertz CT molecular complexity index is 585. The lowest BCUT2D eigenvalue weighted by molar-refractivity contribution is 0.0343. The summed E-state index contributed by atoms with van der Waals surface area (Å²) in [5.41, 5.74) is 9.83. The summed E-state index contributed by atoms with van der Waals surface area (Å²) < 4.78 is 7.75. The molecule has 2 aromatic rings. The van der Waals surface area contributed by atoms with Gasteiger partial charge in [-0.15, -0.1) is 0 Å². The Hall–Kier alpha value is -1.36. The number of benzene rings is 1. The molecule has 0 amide bonds. The van der Waals surface area contributed by atoms with E-state index < -0.39 is 0 Å². The first-order valence-electron chi connectivity index (χ1n) is 7.43. The van der Waals surface area contributed by atoms with E-state index in [4.69, 9.17) is 10.5 Å². The van der Waals surface area contributed by atoms with E-state index >= 15 is 0 Å². The van der Waals surface area contributed by atoms with Crippen molar-refractivity contribution in [1.29, 1.82) is 0 Å². The number of rotatable bonds is 4. The number of hydrogen-bond donors (Lipinski definition) is 1. The third-order valence-electron chi connectivity index (χ3n) is 4.12. The van der Waals surface area contributed by atoms with E-state index in [0.29, 0.717) is 6.54 Å². The topological polar surface area (TPSA) is 43.4 Å². The van der Waals surface area contributed by atoms with Crippen LogP contribution >= 0.6 is 0 Å². The van der Waals surface area contributed by atoms with Gasteiger partial charge < -0.3 is 15.0 Å². The van der Waals surface area contributed by atoms with Crippen LogP contribution in [0.25, 0.3) is 10.9 Å². The van der Waals surface area contributed by atoms with Crippen molar-refractivity contribution in [3.05, 3.63) is 35.5 Å². The summed E-state index contributed by atoms with van der Waals surface area (Å²) in [6.45, 7) is 8.51. The van der Waals surface area contributed by atoms with Gasteiger partial charge in [-0.25, -0.2) is 0 Å². The molecular weight excluding hydrogens is 250 g/mol. The summed E-state index contributed by atoms with van der Waals surface area (Å²) in [6, 6.07) is 6.47. The molecule has 2 N–H and O–H groups in total. The molecule has 0 saturated carbocycles. The van der Waals surface area contributed by atoms with Crippen LogP contribution in [0.15, 0.2) is 24.4 Å². The number of ether oxygens (including phenoxy) is 1. The molecule has 4 nitrogen and oxygen atoms in total. The summed E-state index contributed by atoms with van der Waals surface area (Å²) in [7, 11) is 0. The number of para-hydroxylation sites is 1. The minimum absolute atomic E-state index is 0.596. The van der Waals surface area contributed by atoms with Crippen molar-refractivity contribution in [2.45, 2.75) is 26.6 Å². The fourth-order valence-corrected chi connectivity index (χ4v) is 3.05. The van der Waals surface area contributed by atoms with Gasteiger partial charge in [0.15, 0.2) is 0 Å². The van der Waals surface area contributed by atoms with Crippen molar-refractivity contribution < 1.29 is 4.74 Å². The Balaban J connectivity index is 1.98. The zero-order valence-electron chi connectivity index (χ0n) is 12.1. The van der Waals surface area contributed by atoms with E-state index in [1.54, 1.807) is 0 Å². The molecule has 1 fully saturated rings. The highest BCUT2D eigenvalue weighted by Crippen LogP contribution is 2.26. The number of nitrogens with two attached hydrogens (primary N) is 1.